The van der Waals surface area contributed by atoms with Gasteiger partial charge in [0, 0.05) is 43.8 Å². The molecule has 2 aliphatic rings. The van der Waals surface area contributed by atoms with Crippen molar-refractivity contribution in [2.45, 2.75) is 77.5 Å². The van der Waals surface area contributed by atoms with Crippen LogP contribution in [0, 0.1) is 0 Å². The molecule has 3 atom stereocenters. The van der Waals surface area contributed by atoms with Crippen LogP contribution in [-0.2, 0) is 0 Å². The van der Waals surface area contributed by atoms with Crippen LogP contribution in [0.15, 0.2) is 0 Å². The van der Waals surface area contributed by atoms with E-state index >= 15 is 0 Å². The van der Waals surface area contributed by atoms with E-state index in [9.17, 15) is 0 Å². The Morgan fingerprint density at radius 3 is 2.63 bits per heavy atom. The van der Waals surface area contributed by atoms with Gasteiger partial charge in [-0.2, -0.15) is 0 Å². The van der Waals surface area contributed by atoms with Gasteiger partial charge in [0.05, 0.1) is 0 Å². The average Bonchev–Trinajstić information content (AvgIpc) is 2.85. The summed E-state index contributed by atoms with van der Waals surface area (Å²) in [6, 6.07) is 2.92. The van der Waals surface area contributed by atoms with Gasteiger partial charge in [0.25, 0.3) is 0 Å². The number of nitrogens with zero attached hydrogens (tertiary/aromatic N) is 2. The van der Waals surface area contributed by atoms with E-state index in [1.165, 1.54) is 45.3 Å². The molecule has 0 amide bonds. The standard InChI is InChI=1S/C16H33N3/c1-5-15(6-2)17-10-13(3)19-12-16-8-7-9-18(16)11-14(19)4/h13-17H,5-12H2,1-4H3. The van der Waals surface area contributed by atoms with Gasteiger partial charge < -0.3 is 5.32 Å². The minimum Gasteiger partial charge on any atom is -0.312 e. The minimum atomic E-state index is 0.665. The van der Waals surface area contributed by atoms with Crippen LogP contribution in [0.4, 0.5) is 0 Å². The van der Waals surface area contributed by atoms with Crippen molar-refractivity contribution in [3.63, 3.8) is 0 Å². The Morgan fingerprint density at radius 1 is 1.21 bits per heavy atom. The first kappa shape index (κ1) is 15.3. The molecule has 3 heteroatoms. The van der Waals surface area contributed by atoms with Crippen LogP contribution in [0.2, 0.25) is 0 Å². The predicted octanol–water partition coefficient (Wildman–Crippen LogP) is 2.32. The van der Waals surface area contributed by atoms with Crippen molar-refractivity contribution in [2.24, 2.45) is 0 Å². The first-order chi connectivity index (χ1) is 9.15. The molecular formula is C16H33N3. The third-order valence-corrected chi connectivity index (χ3v) is 5.24. The Balaban J connectivity index is 1.82. The van der Waals surface area contributed by atoms with E-state index in [2.05, 4.69) is 42.8 Å². The largest absolute Gasteiger partial charge is 0.312 e. The van der Waals surface area contributed by atoms with Crippen molar-refractivity contribution >= 4 is 0 Å². The fourth-order valence-corrected chi connectivity index (χ4v) is 3.86. The Kier molecular flexibility index (Phi) is 5.67. The van der Waals surface area contributed by atoms with Crippen LogP contribution in [-0.4, -0.2) is 60.1 Å². The normalized spacial score (nSPS) is 30.8. The lowest BCUT2D eigenvalue weighted by molar-refractivity contribution is 0.0323. The second-order valence-corrected chi connectivity index (χ2v) is 6.61. The number of hydrogen-bond donors (Lipinski definition) is 1. The third kappa shape index (κ3) is 3.71. The fraction of sp³-hybridized carbons (Fsp3) is 1.00. The van der Waals surface area contributed by atoms with E-state index in [0.717, 1.165) is 12.6 Å². The van der Waals surface area contributed by atoms with Crippen molar-refractivity contribution in [2.75, 3.05) is 26.2 Å². The Bertz CT molecular complexity index is 265. The molecule has 0 radical (unpaired) electrons. The van der Waals surface area contributed by atoms with Crippen LogP contribution >= 0.6 is 0 Å². The predicted molar refractivity (Wildman–Crippen MR) is 82.6 cm³/mol. The van der Waals surface area contributed by atoms with E-state index in [0.29, 0.717) is 18.1 Å². The van der Waals surface area contributed by atoms with Gasteiger partial charge in [0.1, 0.15) is 0 Å². The summed E-state index contributed by atoms with van der Waals surface area (Å²) in [5.41, 5.74) is 0. The SMILES string of the molecule is CCC(CC)NCC(C)N1CC2CCCN2CC1C. The quantitative estimate of drug-likeness (QED) is 0.797. The molecule has 0 aliphatic carbocycles. The van der Waals surface area contributed by atoms with E-state index in [1.807, 2.05) is 0 Å². The third-order valence-electron chi connectivity index (χ3n) is 5.24. The lowest BCUT2D eigenvalue weighted by Gasteiger charge is -2.45. The number of fused-ring (bicyclic) bond motifs is 1. The van der Waals surface area contributed by atoms with Crippen molar-refractivity contribution in [3.05, 3.63) is 0 Å². The molecule has 2 rings (SSSR count). The molecule has 0 spiro atoms. The maximum Gasteiger partial charge on any atom is 0.0224 e. The van der Waals surface area contributed by atoms with Gasteiger partial charge >= 0.3 is 0 Å². The highest BCUT2D eigenvalue weighted by Gasteiger charge is 2.35. The van der Waals surface area contributed by atoms with E-state index in [4.69, 9.17) is 0 Å². The Hall–Kier alpha value is -0.120. The lowest BCUT2D eigenvalue weighted by atomic mass is 10.0. The van der Waals surface area contributed by atoms with Gasteiger partial charge in [-0.15, -0.1) is 0 Å². The molecule has 2 saturated heterocycles. The first-order valence-electron chi connectivity index (χ1n) is 8.38. The van der Waals surface area contributed by atoms with Gasteiger partial charge in [-0.3, -0.25) is 9.80 Å². The molecule has 1 N–H and O–H groups in total. The number of hydrogen-bond acceptors (Lipinski definition) is 3. The van der Waals surface area contributed by atoms with E-state index in [1.54, 1.807) is 0 Å². The number of piperazine rings is 1. The monoisotopic (exact) mass is 267 g/mol. The number of rotatable bonds is 6. The van der Waals surface area contributed by atoms with Gasteiger partial charge in [-0.25, -0.2) is 0 Å². The second kappa shape index (κ2) is 7.05. The highest BCUT2D eigenvalue weighted by atomic mass is 15.3. The molecular weight excluding hydrogens is 234 g/mol. The maximum atomic E-state index is 3.74. The Labute approximate surface area is 119 Å². The molecule has 2 heterocycles. The van der Waals surface area contributed by atoms with Gasteiger partial charge in [0.15, 0.2) is 0 Å². The van der Waals surface area contributed by atoms with Crippen molar-refractivity contribution < 1.29 is 0 Å². The maximum absolute atomic E-state index is 3.74. The zero-order valence-electron chi connectivity index (χ0n) is 13.4. The summed E-state index contributed by atoms with van der Waals surface area (Å²) in [6.07, 6.45) is 5.31. The van der Waals surface area contributed by atoms with Crippen LogP contribution in [0.25, 0.3) is 0 Å². The smallest absolute Gasteiger partial charge is 0.0224 e. The van der Waals surface area contributed by atoms with Gasteiger partial charge in [0.2, 0.25) is 0 Å². The molecule has 3 nitrogen and oxygen atoms in total. The van der Waals surface area contributed by atoms with Gasteiger partial charge in [-0.1, -0.05) is 13.8 Å². The zero-order valence-corrected chi connectivity index (χ0v) is 13.4. The summed E-state index contributed by atoms with van der Waals surface area (Å²) in [7, 11) is 0. The molecule has 0 aromatic heterocycles. The molecule has 2 aliphatic heterocycles. The molecule has 0 aromatic rings. The molecule has 19 heavy (non-hydrogen) atoms. The molecule has 0 saturated carbocycles. The summed E-state index contributed by atoms with van der Waals surface area (Å²) >= 11 is 0. The van der Waals surface area contributed by atoms with Crippen molar-refractivity contribution in [1.82, 2.24) is 15.1 Å². The molecule has 0 bridgehead atoms. The van der Waals surface area contributed by atoms with Crippen molar-refractivity contribution in [3.8, 4) is 0 Å². The summed E-state index contributed by atoms with van der Waals surface area (Å²) in [6.45, 7) is 14.4. The zero-order chi connectivity index (χ0) is 13.8. The molecule has 0 aromatic carbocycles. The molecule has 112 valence electrons. The van der Waals surface area contributed by atoms with Crippen molar-refractivity contribution in [1.29, 1.82) is 0 Å². The van der Waals surface area contributed by atoms with Crippen LogP contribution in [0.5, 0.6) is 0 Å². The molecule has 3 unspecified atom stereocenters. The van der Waals surface area contributed by atoms with Gasteiger partial charge in [-0.05, 0) is 46.1 Å². The van der Waals surface area contributed by atoms with E-state index in [-0.39, 0.29) is 0 Å². The second-order valence-electron chi connectivity index (χ2n) is 6.61. The summed E-state index contributed by atoms with van der Waals surface area (Å²) in [4.78, 5) is 5.45. The van der Waals surface area contributed by atoms with E-state index < -0.39 is 0 Å². The molecule has 2 fully saturated rings. The van der Waals surface area contributed by atoms with Crippen LogP contribution < -0.4 is 5.32 Å². The number of nitrogens with one attached hydrogen (secondary N) is 1. The highest BCUT2D eigenvalue weighted by molar-refractivity contribution is 4.92. The summed E-state index contributed by atoms with van der Waals surface area (Å²) in [5.74, 6) is 0. The summed E-state index contributed by atoms with van der Waals surface area (Å²) < 4.78 is 0. The minimum absolute atomic E-state index is 0.665. The lowest BCUT2D eigenvalue weighted by Crippen LogP contribution is -2.59. The fourth-order valence-electron chi connectivity index (χ4n) is 3.86. The van der Waals surface area contributed by atoms with Crippen LogP contribution in [0.3, 0.4) is 0 Å². The van der Waals surface area contributed by atoms with Crippen LogP contribution in [0.1, 0.15) is 53.4 Å². The Morgan fingerprint density at radius 2 is 1.95 bits per heavy atom. The topological polar surface area (TPSA) is 18.5 Å². The summed E-state index contributed by atoms with van der Waals surface area (Å²) in [5, 5.41) is 3.74. The highest BCUT2D eigenvalue weighted by Crippen LogP contribution is 2.25. The average molecular weight is 267 g/mol. The first-order valence-corrected chi connectivity index (χ1v) is 8.38.